The van der Waals surface area contributed by atoms with E-state index in [4.69, 9.17) is 9.47 Å². The molecule has 0 fully saturated rings. The number of thiophene rings is 1. The van der Waals surface area contributed by atoms with Crippen LogP contribution in [0.15, 0.2) is 60.8 Å². The summed E-state index contributed by atoms with van der Waals surface area (Å²) in [4.78, 5) is 17.7. The van der Waals surface area contributed by atoms with E-state index >= 15 is 0 Å². The highest BCUT2D eigenvalue weighted by atomic mass is 32.1. The van der Waals surface area contributed by atoms with Gasteiger partial charge >= 0.3 is 6.03 Å². The number of anilines is 1. The number of ether oxygens (including phenoxy) is 2. The minimum atomic E-state index is -0.268. The van der Waals surface area contributed by atoms with Gasteiger partial charge in [0.15, 0.2) is 0 Å². The van der Waals surface area contributed by atoms with Crippen molar-refractivity contribution in [1.29, 1.82) is 0 Å². The second-order valence-corrected chi connectivity index (χ2v) is 11.0. The van der Waals surface area contributed by atoms with Crippen LogP contribution in [0.25, 0.3) is 5.00 Å². The second kappa shape index (κ2) is 10.2. The van der Waals surface area contributed by atoms with Crippen LogP contribution in [0.5, 0.6) is 11.5 Å². The third kappa shape index (κ3) is 4.35. The molecule has 0 spiro atoms. The zero-order valence-electron chi connectivity index (χ0n) is 22.1. The molecule has 0 bridgehead atoms. The Balaban J connectivity index is 1.47. The number of hydrogen-bond acceptors (Lipinski definition) is 4. The molecule has 1 atom stereocenters. The van der Waals surface area contributed by atoms with E-state index in [0.29, 0.717) is 24.6 Å². The SMILES string of the molecule is CCOc1ccc(C2c3cccn3-c3sc4c(c3CN2C(=O)Nc2cc(C)ccc2OC)CCCC4)cc1. The zero-order chi connectivity index (χ0) is 26.2. The molecule has 1 unspecified atom stereocenters. The molecule has 1 aliphatic carbocycles. The van der Waals surface area contributed by atoms with Gasteiger partial charge in [0, 0.05) is 16.6 Å². The molecular formula is C31H33N3O3S. The van der Waals surface area contributed by atoms with Gasteiger partial charge in [-0.1, -0.05) is 18.2 Å². The van der Waals surface area contributed by atoms with Crippen molar-refractivity contribution in [3.05, 3.63) is 93.6 Å². The van der Waals surface area contributed by atoms with Gasteiger partial charge in [-0.25, -0.2) is 4.79 Å². The van der Waals surface area contributed by atoms with Gasteiger partial charge in [0.25, 0.3) is 0 Å². The molecular weight excluding hydrogens is 494 g/mol. The van der Waals surface area contributed by atoms with Crippen LogP contribution in [0.2, 0.25) is 0 Å². The normalized spacial score (nSPS) is 16.2. The molecule has 2 aromatic carbocycles. The molecule has 0 radical (unpaired) electrons. The summed E-state index contributed by atoms with van der Waals surface area (Å²) in [5.74, 6) is 1.47. The summed E-state index contributed by atoms with van der Waals surface area (Å²) >= 11 is 1.90. The van der Waals surface area contributed by atoms with Gasteiger partial charge in [-0.2, -0.15) is 0 Å². The Kier molecular flexibility index (Phi) is 6.62. The quantitative estimate of drug-likeness (QED) is 0.297. The molecule has 6 nitrogen and oxygen atoms in total. The molecule has 38 heavy (non-hydrogen) atoms. The number of carbonyl (C=O) groups is 1. The summed E-state index contributed by atoms with van der Waals surface area (Å²) in [6.45, 7) is 5.15. The predicted octanol–water partition coefficient (Wildman–Crippen LogP) is 7.27. The maximum absolute atomic E-state index is 14.2. The number of nitrogens with zero attached hydrogens (tertiary/aromatic N) is 2. The van der Waals surface area contributed by atoms with Crippen molar-refractivity contribution in [3.63, 3.8) is 0 Å². The van der Waals surface area contributed by atoms with Crippen LogP contribution >= 0.6 is 11.3 Å². The number of aromatic nitrogens is 1. The smallest absolute Gasteiger partial charge is 0.323 e. The van der Waals surface area contributed by atoms with E-state index in [9.17, 15) is 4.79 Å². The highest BCUT2D eigenvalue weighted by molar-refractivity contribution is 7.15. The number of aryl methyl sites for hydroxylation is 2. The minimum Gasteiger partial charge on any atom is -0.495 e. The van der Waals surface area contributed by atoms with Crippen LogP contribution in [0, 0.1) is 6.92 Å². The summed E-state index contributed by atoms with van der Waals surface area (Å²) in [5, 5.41) is 4.44. The average molecular weight is 528 g/mol. The molecule has 0 saturated heterocycles. The van der Waals surface area contributed by atoms with Gasteiger partial charge in [0.1, 0.15) is 16.5 Å². The van der Waals surface area contributed by atoms with Crippen molar-refractivity contribution in [2.24, 2.45) is 0 Å². The molecule has 2 aromatic heterocycles. The molecule has 2 amide bonds. The monoisotopic (exact) mass is 527 g/mol. The van der Waals surface area contributed by atoms with Crippen LogP contribution in [-0.4, -0.2) is 29.2 Å². The van der Waals surface area contributed by atoms with Crippen LogP contribution in [-0.2, 0) is 19.4 Å². The van der Waals surface area contributed by atoms with E-state index in [1.165, 1.54) is 33.8 Å². The van der Waals surface area contributed by atoms with Crippen molar-refractivity contribution in [2.75, 3.05) is 19.0 Å². The first-order chi connectivity index (χ1) is 18.6. The number of hydrogen-bond donors (Lipinski definition) is 1. The molecule has 1 aliphatic heterocycles. The van der Waals surface area contributed by atoms with Crippen LogP contribution in [0.1, 0.15) is 58.6 Å². The Hall–Kier alpha value is -3.71. The van der Waals surface area contributed by atoms with Crippen molar-refractivity contribution < 1.29 is 14.3 Å². The Bertz CT molecular complexity index is 1470. The Morgan fingerprint density at radius 1 is 1.08 bits per heavy atom. The minimum absolute atomic E-state index is 0.149. The molecule has 4 aromatic rings. The summed E-state index contributed by atoms with van der Waals surface area (Å²) in [7, 11) is 1.63. The first-order valence-electron chi connectivity index (χ1n) is 13.3. The van der Waals surface area contributed by atoms with Crippen LogP contribution < -0.4 is 14.8 Å². The number of urea groups is 1. The number of amides is 2. The topological polar surface area (TPSA) is 55.7 Å². The number of carbonyl (C=O) groups excluding carboxylic acids is 1. The maximum atomic E-state index is 14.2. The van der Waals surface area contributed by atoms with Crippen molar-refractivity contribution >= 4 is 23.1 Å². The lowest BCUT2D eigenvalue weighted by Crippen LogP contribution is -2.38. The lowest BCUT2D eigenvalue weighted by Gasteiger charge is -2.31. The number of benzene rings is 2. The third-order valence-electron chi connectivity index (χ3n) is 7.54. The molecule has 3 heterocycles. The Morgan fingerprint density at radius 3 is 2.68 bits per heavy atom. The van der Waals surface area contributed by atoms with E-state index in [0.717, 1.165) is 35.4 Å². The van der Waals surface area contributed by atoms with Gasteiger partial charge < -0.3 is 24.3 Å². The lowest BCUT2D eigenvalue weighted by atomic mass is 9.95. The largest absolute Gasteiger partial charge is 0.495 e. The average Bonchev–Trinajstić information content (AvgIpc) is 3.51. The van der Waals surface area contributed by atoms with Gasteiger partial charge in [-0.05, 0) is 92.6 Å². The zero-order valence-corrected chi connectivity index (χ0v) is 22.9. The number of rotatable bonds is 5. The van der Waals surface area contributed by atoms with E-state index in [-0.39, 0.29) is 12.1 Å². The van der Waals surface area contributed by atoms with E-state index < -0.39 is 0 Å². The lowest BCUT2D eigenvalue weighted by molar-refractivity contribution is 0.194. The van der Waals surface area contributed by atoms with E-state index in [1.807, 2.05) is 60.4 Å². The van der Waals surface area contributed by atoms with Crippen LogP contribution in [0.3, 0.4) is 0 Å². The Morgan fingerprint density at radius 2 is 1.89 bits per heavy atom. The predicted molar refractivity (Wildman–Crippen MR) is 152 cm³/mol. The highest BCUT2D eigenvalue weighted by Crippen LogP contribution is 2.44. The van der Waals surface area contributed by atoms with Gasteiger partial charge in [-0.3, -0.25) is 0 Å². The molecule has 0 saturated carbocycles. The third-order valence-corrected chi connectivity index (χ3v) is 8.88. The number of methoxy groups -OCH3 is 1. The summed E-state index contributed by atoms with van der Waals surface area (Å²) in [6, 6.07) is 17.8. The first kappa shape index (κ1) is 24.6. The molecule has 7 heteroatoms. The van der Waals surface area contributed by atoms with E-state index in [2.05, 4.69) is 40.3 Å². The summed E-state index contributed by atoms with van der Waals surface area (Å²) < 4.78 is 13.6. The van der Waals surface area contributed by atoms with Gasteiger partial charge in [-0.15, -0.1) is 11.3 Å². The molecule has 6 rings (SSSR count). The van der Waals surface area contributed by atoms with Crippen molar-refractivity contribution in [3.8, 4) is 16.5 Å². The fourth-order valence-electron chi connectivity index (χ4n) is 5.76. The van der Waals surface area contributed by atoms with Gasteiger partial charge in [0.05, 0.1) is 37.7 Å². The van der Waals surface area contributed by atoms with E-state index in [1.54, 1.807) is 7.11 Å². The fourth-order valence-corrected chi connectivity index (χ4v) is 7.16. The van der Waals surface area contributed by atoms with Crippen molar-refractivity contribution in [1.82, 2.24) is 9.47 Å². The second-order valence-electron chi connectivity index (χ2n) is 9.96. The first-order valence-corrected chi connectivity index (χ1v) is 14.1. The molecule has 2 aliphatic rings. The standard InChI is InChI=1S/C31H33N3O3S/c1-4-37-22-14-12-21(13-15-22)29-26-9-7-17-33(26)30-24(23-8-5-6-10-28(23)38-30)19-34(29)31(35)32-25-18-20(2)11-16-27(25)36-3/h7,9,11-18,29H,4-6,8,10,19H2,1-3H3,(H,32,35). The number of nitrogens with one attached hydrogen (secondary N) is 1. The van der Waals surface area contributed by atoms with Crippen LogP contribution in [0.4, 0.5) is 10.5 Å². The number of fused-ring (bicyclic) bond motifs is 5. The van der Waals surface area contributed by atoms with Gasteiger partial charge in [0.2, 0.25) is 0 Å². The summed E-state index contributed by atoms with van der Waals surface area (Å²) in [6.07, 6.45) is 6.77. The summed E-state index contributed by atoms with van der Waals surface area (Å²) in [5.41, 5.74) is 6.58. The maximum Gasteiger partial charge on any atom is 0.323 e. The molecule has 196 valence electrons. The fraction of sp³-hybridized carbons (Fsp3) is 0.323. The van der Waals surface area contributed by atoms with Crippen molar-refractivity contribution in [2.45, 2.75) is 52.1 Å². The Labute approximate surface area is 227 Å². The highest BCUT2D eigenvalue weighted by Gasteiger charge is 2.36. The molecule has 1 N–H and O–H groups in total.